The lowest BCUT2D eigenvalue weighted by Gasteiger charge is -2.14. The Morgan fingerprint density at radius 2 is 1.63 bits per heavy atom. The molecule has 19 heavy (non-hydrogen) atoms. The molecule has 2 rings (SSSR count). The van der Waals surface area contributed by atoms with E-state index in [0.717, 1.165) is 11.1 Å². The summed E-state index contributed by atoms with van der Waals surface area (Å²) in [4.78, 5) is 0. The van der Waals surface area contributed by atoms with Crippen molar-refractivity contribution in [2.75, 3.05) is 7.11 Å². The quantitative estimate of drug-likeness (QED) is 0.774. The summed E-state index contributed by atoms with van der Waals surface area (Å²) in [5.74, 6) is -0.313. The number of hydrogen-bond acceptors (Lipinski definition) is 1. The Hall–Kier alpha value is -1.90. The highest BCUT2D eigenvalue weighted by molar-refractivity contribution is 5.71. The van der Waals surface area contributed by atoms with E-state index in [1.165, 1.54) is 25.3 Å². The van der Waals surface area contributed by atoms with Gasteiger partial charge in [-0.25, -0.2) is 8.78 Å². The minimum Gasteiger partial charge on any atom is -0.493 e. The van der Waals surface area contributed by atoms with Crippen molar-refractivity contribution in [3.8, 4) is 16.9 Å². The van der Waals surface area contributed by atoms with Gasteiger partial charge < -0.3 is 4.74 Å². The van der Waals surface area contributed by atoms with Crippen molar-refractivity contribution in [3.63, 3.8) is 0 Å². The van der Waals surface area contributed by atoms with Crippen LogP contribution >= 0.6 is 0 Å². The van der Waals surface area contributed by atoms with Gasteiger partial charge in [0.1, 0.15) is 5.82 Å². The van der Waals surface area contributed by atoms with Crippen molar-refractivity contribution in [2.24, 2.45) is 0 Å². The first kappa shape index (κ1) is 13.5. The number of ether oxygens (including phenoxy) is 1. The molecule has 0 aliphatic heterocycles. The lowest BCUT2D eigenvalue weighted by molar-refractivity contribution is 0.388. The first-order valence-corrected chi connectivity index (χ1v) is 6.16. The van der Waals surface area contributed by atoms with Gasteiger partial charge in [0.15, 0.2) is 11.6 Å². The van der Waals surface area contributed by atoms with Crippen LogP contribution in [-0.2, 0) is 0 Å². The molecule has 2 aromatic rings. The van der Waals surface area contributed by atoms with E-state index in [0.29, 0.717) is 5.56 Å². The molecule has 0 bridgehead atoms. The molecule has 0 atom stereocenters. The van der Waals surface area contributed by atoms with Crippen molar-refractivity contribution in [1.29, 1.82) is 0 Å². The van der Waals surface area contributed by atoms with Crippen LogP contribution in [0, 0.1) is 11.6 Å². The van der Waals surface area contributed by atoms with Gasteiger partial charge in [0.05, 0.1) is 7.11 Å². The largest absolute Gasteiger partial charge is 0.493 e. The first-order valence-electron chi connectivity index (χ1n) is 6.16. The molecule has 0 aliphatic rings. The highest BCUT2D eigenvalue weighted by Gasteiger charge is 2.14. The molecular weight excluding hydrogens is 246 g/mol. The van der Waals surface area contributed by atoms with Crippen LogP contribution in [-0.4, -0.2) is 7.11 Å². The van der Waals surface area contributed by atoms with Crippen molar-refractivity contribution < 1.29 is 13.5 Å². The van der Waals surface area contributed by atoms with Gasteiger partial charge in [-0.05, 0) is 41.3 Å². The Balaban J connectivity index is 2.62. The first-order chi connectivity index (χ1) is 9.02. The molecule has 3 heteroatoms. The molecule has 0 aromatic heterocycles. The Kier molecular flexibility index (Phi) is 3.84. The summed E-state index contributed by atoms with van der Waals surface area (Å²) >= 11 is 0. The van der Waals surface area contributed by atoms with E-state index in [1.807, 2.05) is 19.9 Å². The van der Waals surface area contributed by atoms with Crippen LogP contribution < -0.4 is 4.74 Å². The molecule has 2 aromatic carbocycles. The Bertz CT molecular complexity index is 574. The predicted octanol–water partition coefficient (Wildman–Crippen LogP) is 4.76. The molecule has 0 radical (unpaired) electrons. The van der Waals surface area contributed by atoms with Gasteiger partial charge in [0, 0.05) is 5.56 Å². The number of rotatable bonds is 3. The van der Waals surface area contributed by atoms with Crippen molar-refractivity contribution >= 4 is 0 Å². The molecular formula is C16H16F2O. The van der Waals surface area contributed by atoms with Gasteiger partial charge in [-0.3, -0.25) is 0 Å². The van der Waals surface area contributed by atoms with Gasteiger partial charge in [0.2, 0.25) is 0 Å². The zero-order chi connectivity index (χ0) is 14.0. The highest BCUT2D eigenvalue weighted by atomic mass is 19.1. The third kappa shape index (κ3) is 2.75. The third-order valence-electron chi connectivity index (χ3n) is 3.09. The van der Waals surface area contributed by atoms with E-state index in [4.69, 9.17) is 4.74 Å². The molecule has 0 saturated heterocycles. The van der Waals surface area contributed by atoms with Crippen molar-refractivity contribution in [3.05, 3.63) is 53.6 Å². The maximum absolute atomic E-state index is 14.0. The fourth-order valence-electron chi connectivity index (χ4n) is 2.00. The summed E-state index contributed by atoms with van der Waals surface area (Å²) in [6, 6.07) is 9.33. The summed E-state index contributed by atoms with van der Waals surface area (Å²) in [5, 5.41) is 0. The van der Waals surface area contributed by atoms with Crippen LogP contribution in [0.2, 0.25) is 0 Å². The van der Waals surface area contributed by atoms with E-state index in [-0.39, 0.29) is 17.5 Å². The maximum atomic E-state index is 14.0. The Morgan fingerprint density at radius 3 is 2.16 bits per heavy atom. The van der Waals surface area contributed by atoms with E-state index in [1.54, 1.807) is 12.1 Å². The van der Waals surface area contributed by atoms with Gasteiger partial charge in [-0.1, -0.05) is 26.0 Å². The monoisotopic (exact) mass is 262 g/mol. The standard InChI is InChI=1S/C16H16F2O/c1-10(2)12-8-14(16(19-3)15(18)9-12)11-4-6-13(17)7-5-11/h4-10H,1-3H3. The molecule has 0 unspecified atom stereocenters. The van der Waals surface area contributed by atoms with E-state index in [2.05, 4.69) is 0 Å². The lowest BCUT2D eigenvalue weighted by Crippen LogP contribution is -1.97. The second-order valence-electron chi connectivity index (χ2n) is 4.75. The molecule has 0 aliphatic carbocycles. The number of halogens is 2. The predicted molar refractivity (Wildman–Crippen MR) is 72.4 cm³/mol. The summed E-state index contributed by atoms with van der Waals surface area (Å²) in [6.07, 6.45) is 0. The summed E-state index contributed by atoms with van der Waals surface area (Å²) in [7, 11) is 1.43. The van der Waals surface area contributed by atoms with Gasteiger partial charge >= 0.3 is 0 Å². The van der Waals surface area contributed by atoms with Gasteiger partial charge in [0.25, 0.3) is 0 Å². The Labute approximate surface area is 111 Å². The molecule has 0 spiro atoms. The second kappa shape index (κ2) is 5.39. The molecule has 0 amide bonds. The maximum Gasteiger partial charge on any atom is 0.165 e. The zero-order valence-electron chi connectivity index (χ0n) is 11.2. The van der Waals surface area contributed by atoms with Crippen LogP contribution in [0.1, 0.15) is 25.3 Å². The number of benzene rings is 2. The van der Waals surface area contributed by atoms with Crippen LogP contribution in [0.5, 0.6) is 5.75 Å². The summed E-state index contributed by atoms with van der Waals surface area (Å²) in [6.45, 7) is 3.99. The lowest BCUT2D eigenvalue weighted by atomic mass is 9.96. The second-order valence-corrected chi connectivity index (χ2v) is 4.75. The molecule has 0 N–H and O–H groups in total. The minimum absolute atomic E-state index is 0.191. The van der Waals surface area contributed by atoms with Gasteiger partial charge in [-0.2, -0.15) is 0 Å². The smallest absolute Gasteiger partial charge is 0.165 e. The molecule has 100 valence electrons. The van der Waals surface area contributed by atoms with Crippen molar-refractivity contribution in [2.45, 2.75) is 19.8 Å². The highest BCUT2D eigenvalue weighted by Crippen LogP contribution is 2.35. The van der Waals surface area contributed by atoms with Crippen LogP contribution in [0.3, 0.4) is 0 Å². The normalized spacial score (nSPS) is 10.8. The van der Waals surface area contributed by atoms with Crippen LogP contribution in [0.25, 0.3) is 11.1 Å². The number of hydrogen-bond donors (Lipinski definition) is 0. The Morgan fingerprint density at radius 1 is 1.00 bits per heavy atom. The minimum atomic E-state index is -0.395. The van der Waals surface area contributed by atoms with Crippen molar-refractivity contribution in [1.82, 2.24) is 0 Å². The van der Waals surface area contributed by atoms with E-state index in [9.17, 15) is 8.78 Å². The SMILES string of the molecule is COc1c(F)cc(C(C)C)cc1-c1ccc(F)cc1. The molecule has 1 nitrogen and oxygen atoms in total. The molecule has 0 saturated carbocycles. The van der Waals surface area contributed by atoms with Crippen LogP contribution in [0.4, 0.5) is 8.78 Å². The van der Waals surface area contributed by atoms with Crippen LogP contribution in [0.15, 0.2) is 36.4 Å². The summed E-state index contributed by atoms with van der Waals surface area (Å²) < 4.78 is 32.1. The van der Waals surface area contributed by atoms with Gasteiger partial charge in [-0.15, -0.1) is 0 Å². The average Bonchev–Trinajstić information content (AvgIpc) is 2.38. The summed E-state index contributed by atoms with van der Waals surface area (Å²) in [5.41, 5.74) is 2.27. The number of methoxy groups -OCH3 is 1. The fraction of sp³-hybridized carbons (Fsp3) is 0.250. The third-order valence-corrected chi connectivity index (χ3v) is 3.09. The molecule has 0 fully saturated rings. The van der Waals surface area contributed by atoms with E-state index < -0.39 is 5.82 Å². The fourth-order valence-corrected chi connectivity index (χ4v) is 2.00. The van der Waals surface area contributed by atoms with E-state index >= 15 is 0 Å². The molecule has 0 heterocycles. The average molecular weight is 262 g/mol. The zero-order valence-corrected chi connectivity index (χ0v) is 11.2. The topological polar surface area (TPSA) is 9.23 Å².